The zero-order valence-corrected chi connectivity index (χ0v) is 34.2. The fourth-order valence-electron chi connectivity index (χ4n) is 10.3. The summed E-state index contributed by atoms with van der Waals surface area (Å²) in [5.41, 5.74) is 4.72. The molecular weight excluding hydrogens is 781 g/mol. The molecular formula is C53H42O9. The van der Waals surface area contributed by atoms with E-state index in [9.17, 15) is 40.9 Å². The molecule has 0 radical (unpaired) electrons. The van der Waals surface area contributed by atoms with Crippen molar-refractivity contribution in [2.45, 2.75) is 51.2 Å². The third-order valence-electron chi connectivity index (χ3n) is 13.7. The minimum atomic E-state index is -2.44. The molecule has 3 aliphatic carbocycles. The Balaban J connectivity index is 1.25. The van der Waals surface area contributed by atoms with Crippen LogP contribution in [-0.2, 0) is 5.41 Å². The van der Waals surface area contributed by atoms with Gasteiger partial charge in [0.05, 0.1) is 0 Å². The van der Waals surface area contributed by atoms with Gasteiger partial charge in [-0.25, -0.2) is 0 Å². The second-order valence-electron chi connectivity index (χ2n) is 17.8. The molecule has 0 fully saturated rings. The number of phenolic OH excluding ortho intramolecular Hbond substituents is 4. The first-order valence-corrected chi connectivity index (χ1v) is 20.6. The summed E-state index contributed by atoms with van der Waals surface area (Å²) in [6.07, 6.45) is 5.65. The zero-order chi connectivity index (χ0) is 43.3. The summed E-state index contributed by atoms with van der Waals surface area (Å²) in [5, 5.41) is 97.2. The normalized spacial score (nSPS) is 20.3. The number of allylic oxidation sites excluding steroid dienone is 4. The summed E-state index contributed by atoms with van der Waals surface area (Å²) in [4.78, 5) is 0. The second-order valence-corrected chi connectivity index (χ2v) is 17.8. The molecule has 1 aromatic heterocycles. The summed E-state index contributed by atoms with van der Waals surface area (Å²) in [7, 11) is 0. The van der Waals surface area contributed by atoms with Crippen molar-refractivity contribution in [2.75, 3.05) is 0 Å². The highest BCUT2D eigenvalue weighted by Gasteiger charge is 2.48. The predicted molar refractivity (Wildman–Crippen MR) is 242 cm³/mol. The topological polar surface area (TPSA) is 175 Å². The summed E-state index contributed by atoms with van der Waals surface area (Å²) < 4.78 is 6.38. The Morgan fingerprint density at radius 1 is 0.613 bits per heavy atom. The maximum Gasteiger partial charge on any atom is 0.204 e. The van der Waals surface area contributed by atoms with Crippen LogP contribution in [0.15, 0.2) is 119 Å². The molecule has 7 aromatic carbocycles. The van der Waals surface area contributed by atoms with Crippen LogP contribution in [0.1, 0.15) is 68.0 Å². The van der Waals surface area contributed by atoms with Gasteiger partial charge in [0.25, 0.3) is 0 Å². The monoisotopic (exact) mass is 822 g/mol. The molecule has 3 aliphatic rings. The molecule has 308 valence electrons. The Hall–Kier alpha value is -7.20. The molecule has 3 unspecified atom stereocenters. The van der Waals surface area contributed by atoms with E-state index in [1.165, 1.54) is 6.92 Å². The number of phenols is 4. The van der Waals surface area contributed by atoms with Gasteiger partial charge in [0, 0.05) is 49.2 Å². The first kappa shape index (κ1) is 37.8. The van der Waals surface area contributed by atoms with Crippen LogP contribution in [0.5, 0.6) is 23.0 Å². The number of hydrogen-bond donors (Lipinski definition) is 8. The van der Waals surface area contributed by atoms with E-state index in [0.29, 0.717) is 39.0 Å². The van der Waals surface area contributed by atoms with Gasteiger partial charge in [-0.05, 0) is 105 Å². The van der Waals surface area contributed by atoms with Crippen molar-refractivity contribution in [3.63, 3.8) is 0 Å². The van der Waals surface area contributed by atoms with E-state index < -0.39 is 51.6 Å². The van der Waals surface area contributed by atoms with Crippen LogP contribution in [0, 0.1) is 5.92 Å². The van der Waals surface area contributed by atoms with Gasteiger partial charge in [-0.1, -0.05) is 99.7 Å². The Morgan fingerprint density at radius 3 is 1.90 bits per heavy atom. The standard InChI is InChI=1S/C53H42O9/c1-24-12-14-25(15-13-24)28-16-18-30-31-19-17-29(22-35(31)52(2,3)34(30)21-28)38-41-42(46(55)49(58)48(57)45(41)54)40(43-44(38)50(59)53(4,61)51(60)47(43)56)32-10-7-11-36-39(32)33-20-26-8-5-6-9-27(26)23-37(33)62-36/h5-12,14-24,50,54-61H,13H2,1-4H3. The van der Waals surface area contributed by atoms with Crippen molar-refractivity contribution in [2.24, 2.45) is 5.92 Å². The lowest BCUT2D eigenvalue weighted by molar-refractivity contribution is -0.0640. The minimum Gasteiger partial charge on any atom is -0.506 e. The van der Waals surface area contributed by atoms with E-state index in [2.05, 4.69) is 57.2 Å². The second kappa shape index (κ2) is 12.7. The van der Waals surface area contributed by atoms with E-state index in [-0.39, 0.29) is 33.0 Å². The quantitative estimate of drug-likeness (QED) is 0.0637. The van der Waals surface area contributed by atoms with E-state index in [1.54, 1.807) is 24.3 Å². The van der Waals surface area contributed by atoms with Gasteiger partial charge in [-0.2, -0.15) is 0 Å². The number of fused-ring (bicyclic) bond motifs is 9. The largest absolute Gasteiger partial charge is 0.506 e. The number of aliphatic hydroxyl groups is 4. The lowest BCUT2D eigenvalue weighted by atomic mass is 9.72. The molecule has 0 aliphatic heterocycles. The maximum absolute atomic E-state index is 12.4. The smallest absolute Gasteiger partial charge is 0.204 e. The summed E-state index contributed by atoms with van der Waals surface area (Å²) >= 11 is 0. The van der Waals surface area contributed by atoms with Crippen molar-refractivity contribution in [3.05, 3.63) is 143 Å². The molecule has 8 aromatic rings. The van der Waals surface area contributed by atoms with Gasteiger partial charge in [-0.15, -0.1) is 0 Å². The number of furan rings is 1. The molecule has 0 saturated carbocycles. The molecule has 0 amide bonds. The number of aliphatic hydroxyl groups excluding tert-OH is 3. The van der Waals surface area contributed by atoms with Gasteiger partial charge >= 0.3 is 0 Å². The third kappa shape index (κ3) is 4.91. The number of hydrogen-bond acceptors (Lipinski definition) is 9. The van der Waals surface area contributed by atoms with E-state index in [4.69, 9.17) is 4.42 Å². The summed E-state index contributed by atoms with van der Waals surface area (Å²) in [6, 6.07) is 28.9. The van der Waals surface area contributed by atoms with Crippen molar-refractivity contribution in [1.82, 2.24) is 0 Å². The van der Waals surface area contributed by atoms with Gasteiger partial charge in [0.2, 0.25) is 11.5 Å². The fraction of sp³-hybridized carbons (Fsp3) is 0.170. The first-order valence-electron chi connectivity index (χ1n) is 20.6. The molecule has 0 saturated heterocycles. The van der Waals surface area contributed by atoms with Crippen LogP contribution in [0.2, 0.25) is 0 Å². The van der Waals surface area contributed by atoms with Gasteiger partial charge in [0.15, 0.2) is 28.6 Å². The number of aromatic hydroxyl groups is 4. The van der Waals surface area contributed by atoms with Gasteiger partial charge in [0.1, 0.15) is 17.3 Å². The average Bonchev–Trinajstić information content (AvgIpc) is 3.74. The van der Waals surface area contributed by atoms with Gasteiger partial charge < -0.3 is 45.3 Å². The average molecular weight is 823 g/mol. The Morgan fingerprint density at radius 2 is 1.24 bits per heavy atom. The van der Waals surface area contributed by atoms with Crippen LogP contribution in [-0.4, -0.2) is 46.5 Å². The van der Waals surface area contributed by atoms with Crippen LogP contribution < -0.4 is 0 Å². The highest BCUT2D eigenvalue weighted by Crippen LogP contribution is 2.61. The van der Waals surface area contributed by atoms with Crippen LogP contribution in [0.3, 0.4) is 0 Å². The molecule has 9 nitrogen and oxygen atoms in total. The van der Waals surface area contributed by atoms with E-state index in [1.807, 2.05) is 48.5 Å². The molecule has 0 spiro atoms. The van der Waals surface area contributed by atoms with Crippen LogP contribution in [0.25, 0.3) is 88.2 Å². The predicted octanol–water partition coefficient (Wildman–Crippen LogP) is 11.9. The Bertz CT molecular complexity index is 3430. The molecule has 9 heteroatoms. The fourth-order valence-corrected chi connectivity index (χ4v) is 10.3. The zero-order valence-electron chi connectivity index (χ0n) is 34.2. The minimum absolute atomic E-state index is 0.0104. The van der Waals surface area contributed by atoms with E-state index >= 15 is 0 Å². The summed E-state index contributed by atoms with van der Waals surface area (Å²) in [6.45, 7) is 7.59. The van der Waals surface area contributed by atoms with Crippen molar-refractivity contribution in [1.29, 1.82) is 0 Å². The molecule has 3 atom stereocenters. The number of benzene rings is 7. The molecule has 1 heterocycles. The molecule has 8 N–H and O–H groups in total. The maximum atomic E-state index is 12.4. The summed E-state index contributed by atoms with van der Waals surface area (Å²) in [5.74, 6) is -4.92. The Labute approximate surface area is 355 Å². The molecule has 11 rings (SSSR count). The highest BCUT2D eigenvalue weighted by atomic mass is 16.4. The van der Waals surface area contributed by atoms with Crippen LogP contribution in [0.4, 0.5) is 0 Å². The SMILES string of the molecule is CC1C=CC(c2ccc3c(c2)C(C)(C)c2cc(-c4c5c(c(-c6cccc7oc8cc9ccccc9cc8c67)c6c(O)c(O)c(O)c(O)c46)C(O)=C(O)C(C)(O)C5O)ccc2-3)=CC1. The van der Waals surface area contributed by atoms with Crippen LogP contribution >= 0.6 is 0 Å². The van der Waals surface area contributed by atoms with Crippen molar-refractivity contribution < 1.29 is 45.3 Å². The van der Waals surface area contributed by atoms with Crippen molar-refractivity contribution in [3.8, 4) is 56.4 Å². The Kier molecular flexibility index (Phi) is 7.72. The third-order valence-corrected chi connectivity index (χ3v) is 13.7. The lowest BCUT2D eigenvalue weighted by Gasteiger charge is -2.38. The van der Waals surface area contributed by atoms with Gasteiger partial charge in [-0.3, -0.25) is 0 Å². The van der Waals surface area contributed by atoms with E-state index in [0.717, 1.165) is 50.6 Å². The van der Waals surface area contributed by atoms with Crippen molar-refractivity contribution >= 4 is 54.8 Å². The first-order chi connectivity index (χ1) is 29.6. The molecule has 62 heavy (non-hydrogen) atoms. The molecule has 0 bridgehead atoms. The lowest BCUT2D eigenvalue weighted by Crippen LogP contribution is -2.39. The number of rotatable bonds is 3. The highest BCUT2D eigenvalue weighted by molar-refractivity contribution is 6.23.